The Labute approximate surface area is 111 Å². The number of nitrogens with one attached hydrogen (secondary N) is 2. The van der Waals surface area contributed by atoms with Crippen LogP contribution in [0.2, 0.25) is 0 Å². The standard InChI is InChI=1S/C13H17N5O/c1-9(11-5-6-19-8-11)14-12-4-2-3-10(7-12)13-15-17-18-16-13/h2-4,7,9,11,14H,5-6,8H2,1H3,(H,15,16,17,18). The number of tetrazole rings is 1. The monoisotopic (exact) mass is 259 g/mol. The Bertz CT molecular complexity index is 522. The molecule has 0 spiro atoms. The van der Waals surface area contributed by atoms with Crippen molar-refractivity contribution < 1.29 is 4.74 Å². The van der Waals surface area contributed by atoms with E-state index in [-0.39, 0.29) is 0 Å². The van der Waals surface area contributed by atoms with E-state index >= 15 is 0 Å². The van der Waals surface area contributed by atoms with Gasteiger partial charge in [-0.1, -0.05) is 12.1 Å². The highest BCUT2D eigenvalue weighted by Crippen LogP contribution is 2.23. The lowest BCUT2D eigenvalue weighted by molar-refractivity contribution is 0.183. The Morgan fingerprint density at radius 2 is 2.42 bits per heavy atom. The summed E-state index contributed by atoms with van der Waals surface area (Å²) >= 11 is 0. The first-order valence-electron chi connectivity index (χ1n) is 6.51. The zero-order valence-electron chi connectivity index (χ0n) is 10.8. The Morgan fingerprint density at radius 3 is 3.16 bits per heavy atom. The van der Waals surface area contributed by atoms with Gasteiger partial charge in [0.2, 0.25) is 5.82 Å². The van der Waals surface area contributed by atoms with E-state index < -0.39 is 0 Å². The molecule has 2 atom stereocenters. The molecule has 2 heterocycles. The predicted molar refractivity (Wildman–Crippen MR) is 71.6 cm³/mol. The summed E-state index contributed by atoms with van der Waals surface area (Å²) in [5, 5.41) is 17.5. The summed E-state index contributed by atoms with van der Waals surface area (Å²) in [5.41, 5.74) is 2.02. The maximum atomic E-state index is 5.43. The molecule has 1 aromatic carbocycles. The van der Waals surface area contributed by atoms with Crippen LogP contribution in [0.15, 0.2) is 24.3 Å². The van der Waals surface area contributed by atoms with E-state index in [2.05, 4.69) is 38.9 Å². The zero-order valence-corrected chi connectivity index (χ0v) is 10.8. The summed E-state index contributed by atoms with van der Waals surface area (Å²) in [5.74, 6) is 1.19. The van der Waals surface area contributed by atoms with E-state index in [0.717, 1.165) is 30.9 Å². The third kappa shape index (κ3) is 2.73. The van der Waals surface area contributed by atoms with Crippen LogP contribution in [0.25, 0.3) is 11.4 Å². The van der Waals surface area contributed by atoms with Crippen LogP contribution < -0.4 is 5.32 Å². The molecule has 0 saturated carbocycles. The van der Waals surface area contributed by atoms with Crippen LogP contribution in [-0.4, -0.2) is 39.9 Å². The molecule has 1 aliphatic rings. The van der Waals surface area contributed by atoms with Crippen molar-refractivity contribution in [2.24, 2.45) is 5.92 Å². The molecular weight excluding hydrogens is 242 g/mol. The molecule has 1 saturated heterocycles. The van der Waals surface area contributed by atoms with Crippen LogP contribution in [0.1, 0.15) is 13.3 Å². The molecule has 2 unspecified atom stereocenters. The number of aromatic amines is 1. The van der Waals surface area contributed by atoms with Crippen LogP contribution >= 0.6 is 0 Å². The van der Waals surface area contributed by atoms with Crippen molar-refractivity contribution in [2.45, 2.75) is 19.4 Å². The second-order valence-corrected chi connectivity index (χ2v) is 4.87. The van der Waals surface area contributed by atoms with Gasteiger partial charge in [-0.15, -0.1) is 10.2 Å². The first-order chi connectivity index (χ1) is 9.33. The van der Waals surface area contributed by atoms with Gasteiger partial charge in [0, 0.05) is 29.8 Å². The van der Waals surface area contributed by atoms with Gasteiger partial charge in [0.1, 0.15) is 0 Å². The molecule has 3 rings (SSSR count). The van der Waals surface area contributed by atoms with Gasteiger partial charge in [-0.3, -0.25) is 0 Å². The third-order valence-corrected chi connectivity index (χ3v) is 3.53. The minimum absolute atomic E-state index is 0.392. The highest BCUT2D eigenvalue weighted by Gasteiger charge is 2.22. The fourth-order valence-corrected chi connectivity index (χ4v) is 2.36. The largest absolute Gasteiger partial charge is 0.382 e. The van der Waals surface area contributed by atoms with E-state index in [4.69, 9.17) is 4.74 Å². The molecule has 19 heavy (non-hydrogen) atoms. The molecule has 0 aliphatic carbocycles. The molecule has 1 fully saturated rings. The van der Waals surface area contributed by atoms with Gasteiger partial charge in [-0.25, -0.2) is 0 Å². The lowest BCUT2D eigenvalue weighted by atomic mass is 10.0. The van der Waals surface area contributed by atoms with Crippen LogP contribution in [0.5, 0.6) is 0 Å². The normalized spacial score (nSPS) is 20.4. The minimum Gasteiger partial charge on any atom is -0.382 e. The second kappa shape index (κ2) is 5.36. The SMILES string of the molecule is CC(Nc1cccc(-c2nn[nH]n2)c1)C1CCOC1. The molecule has 6 heteroatoms. The van der Waals surface area contributed by atoms with Crippen molar-refractivity contribution in [1.29, 1.82) is 0 Å². The van der Waals surface area contributed by atoms with Crippen LogP contribution in [-0.2, 0) is 4.74 Å². The smallest absolute Gasteiger partial charge is 0.204 e. The number of benzene rings is 1. The summed E-state index contributed by atoms with van der Waals surface area (Å²) in [6.07, 6.45) is 1.12. The predicted octanol–water partition coefficient (Wildman–Crippen LogP) is 1.70. The molecule has 0 radical (unpaired) electrons. The molecule has 0 amide bonds. The third-order valence-electron chi connectivity index (χ3n) is 3.53. The molecule has 1 aliphatic heterocycles. The first-order valence-corrected chi connectivity index (χ1v) is 6.51. The zero-order chi connectivity index (χ0) is 13.1. The van der Waals surface area contributed by atoms with Crippen molar-refractivity contribution in [2.75, 3.05) is 18.5 Å². The summed E-state index contributed by atoms with van der Waals surface area (Å²) in [7, 11) is 0. The number of anilines is 1. The average molecular weight is 259 g/mol. The molecule has 100 valence electrons. The number of ether oxygens (including phenoxy) is 1. The van der Waals surface area contributed by atoms with Crippen LogP contribution in [0.4, 0.5) is 5.69 Å². The first kappa shape index (κ1) is 12.1. The van der Waals surface area contributed by atoms with Gasteiger partial charge in [-0.05, 0) is 30.7 Å². The van der Waals surface area contributed by atoms with Gasteiger partial charge in [0.05, 0.1) is 6.61 Å². The number of hydrogen-bond donors (Lipinski definition) is 2. The lowest BCUT2D eigenvalue weighted by Gasteiger charge is -2.20. The maximum absolute atomic E-state index is 5.43. The summed E-state index contributed by atoms with van der Waals surface area (Å²) in [4.78, 5) is 0. The Hall–Kier alpha value is -1.95. The number of rotatable bonds is 4. The number of H-pyrrole nitrogens is 1. The van der Waals surface area contributed by atoms with Crippen LogP contribution in [0.3, 0.4) is 0 Å². The van der Waals surface area contributed by atoms with Crippen molar-refractivity contribution >= 4 is 5.69 Å². The maximum Gasteiger partial charge on any atom is 0.204 e. The van der Waals surface area contributed by atoms with Crippen molar-refractivity contribution in [3.8, 4) is 11.4 Å². The lowest BCUT2D eigenvalue weighted by Crippen LogP contribution is -2.26. The number of hydrogen-bond acceptors (Lipinski definition) is 5. The highest BCUT2D eigenvalue weighted by atomic mass is 16.5. The summed E-state index contributed by atoms with van der Waals surface area (Å²) in [6.45, 7) is 3.92. The molecule has 6 nitrogen and oxygen atoms in total. The van der Waals surface area contributed by atoms with Gasteiger partial charge in [0.15, 0.2) is 0 Å². The quantitative estimate of drug-likeness (QED) is 0.874. The van der Waals surface area contributed by atoms with Gasteiger partial charge < -0.3 is 10.1 Å². The topological polar surface area (TPSA) is 75.7 Å². The van der Waals surface area contributed by atoms with E-state index in [1.165, 1.54) is 0 Å². The number of nitrogens with zero attached hydrogens (tertiary/aromatic N) is 3. The molecule has 2 N–H and O–H groups in total. The highest BCUT2D eigenvalue weighted by molar-refractivity contribution is 5.61. The van der Waals surface area contributed by atoms with Crippen molar-refractivity contribution in [1.82, 2.24) is 20.6 Å². The van der Waals surface area contributed by atoms with Crippen molar-refractivity contribution in [3.05, 3.63) is 24.3 Å². The van der Waals surface area contributed by atoms with E-state index in [1.54, 1.807) is 0 Å². The second-order valence-electron chi connectivity index (χ2n) is 4.87. The molecular formula is C13H17N5O. The molecule has 2 aromatic rings. The van der Waals surface area contributed by atoms with E-state index in [0.29, 0.717) is 17.8 Å². The molecule has 1 aromatic heterocycles. The van der Waals surface area contributed by atoms with E-state index in [1.807, 2.05) is 18.2 Å². The van der Waals surface area contributed by atoms with Gasteiger partial charge in [-0.2, -0.15) is 5.21 Å². The van der Waals surface area contributed by atoms with Crippen LogP contribution in [0, 0.1) is 5.92 Å². The Balaban J connectivity index is 1.72. The summed E-state index contributed by atoms with van der Waals surface area (Å²) in [6, 6.07) is 8.45. The van der Waals surface area contributed by atoms with Gasteiger partial charge in [0.25, 0.3) is 0 Å². The summed E-state index contributed by atoms with van der Waals surface area (Å²) < 4.78 is 5.43. The van der Waals surface area contributed by atoms with Crippen molar-refractivity contribution in [3.63, 3.8) is 0 Å². The number of aromatic nitrogens is 4. The Morgan fingerprint density at radius 1 is 1.47 bits per heavy atom. The Kier molecular flexibility index (Phi) is 3.41. The average Bonchev–Trinajstić information content (AvgIpc) is 3.13. The fourth-order valence-electron chi connectivity index (χ4n) is 2.36. The van der Waals surface area contributed by atoms with E-state index in [9.17, 15) is 0 Å². The molecule has 0 bridgehead atoms. The van der Waals surface area contributed by atoms with Gasteiger partial charge >= 0.3 is 0 Å². The minimum atomic E-state index is 0.392. The fraction of sp³-hybridized carbons (Fsp3) is 0.462.